The maximum absolute atomic E-state index is 10.7. The van der Waals surface area contributed by atoms with Crippen LogP contribution in [0.4, 0.5) is 0 Å². The first-order chi connectivity index (χ1) is 9.74. The van der Waals surface area contributed by atoms with Gasteiger partial charge in [0.05, 0.1) is 5.75 Å². The fourth-order valence-corrected chi connectivity index (χ4v) is 5.01. The lowest BCUT2D eigenvalue weighted by Crippen LogP contribution is -2.12. The van der Waals surface area contributed by atoms with Gasteiger partial charge in [0.15, 0.2) is 8.68 Å². The molecule has 0 saturated heterocycles. The van der Waals surface area contributed by atoms with Gasteiger partial charge in [-0.25, -0.2) is 0 Å². The van der Waals surface area contributed by atoms with Gasteiger partial charge in [-0.2, -0.15) is 0 Å². The molecule has 7 heteroatoms. The zero-order valence-electron chi connectivity index (χ0n) is 11.3. The van der Waals surface area contributed by atoms with Crippen LogP contribution in [0.15, 0.2) is 20.8 Å². The fraction of sp³-hybridized carbons (Fsp3) is 0.615. The van der Waals surface area contributed by atoms with Crippen LogP contribution in [-0.4, -0.2) is 27.6 Å². The van der Waals surface area contributed by atoms with Gasteiger partial charge in [-0.3, -0.25) is 4.79 Å². The molecular formula is C13H19N3OS3. The number of primary amides is 1. The van der Waals surface area contributed by atoms with Gasteiger partial charge in [-0.05, 0) is 38.0 Å². The molecule has 1 atom stereocenters. The van der Waals surface area contributed by atoms with E-state index in [-0.39, 0.29) is 11.7 Å². The summed E-state index contributed by atoms with van der Waals surface area (Å²) >= 11 is 4.71. The number of hydrogen-bond donors (Lipinski definition) is 1. The summed E-state index contributed by atoms with van der Waals surface area (Å²) in [6.45, 7) is 0. The maximum atomic E-state index is 10.7. The number of rotatable bonds is 6. The molecule has 0 aliphatic heterocycles. The van der Waals surface area contributed by atoms with E-state index in [1.165, 1.54) is 43.9 Å². The Morgan fingerprint density at radius 3 is 2.80 bits per heavy atom. The number of aromatic nitrogens is 2. The van der Waals surface area contributed by atoms with Crippen molar-refractivity contribution < 1.29 is 4.79 Å². The molecular weight excluding hydrogens is 310 g/mol. The van der Waals surface area contributed by atoms with Crippen molar-refractivity contribution in [3.05, 3.63) is 12.2 Å². The van der Waals surface area contributed by atoms with Crippen LogP contribution in [0.5, 0.6) is 0 Å². The minimum atomic E-state index is -0.318. The van der Waals surface area contributed by atoms with Gasteiger partial charge in [-0.1, -0.05) is 47.0 Å². The summed E-state index contributed by atoms with van der Waals surface area (Å²) in [6, 6.07) is 0. The summed E-state index contributed by atoms with van der Waals surface area (Å²) < 4.78 is 1.82. The normalized spacial score (nSPS) is 21.1. The number of hydrogen-bond acceptors (Lipinski definition) is 6. The Morgan fingerprint density at radius 1 is 1.25 bits per heavy atom. The van der Waals surface area contributed by atoms with Crippen molar-refractivity contribution in [2.75, 3.05) is 11.5 Å². The first kappa shape index (κ1) is 15.9. The Labute approximate surface area is 132 Å². The molecule has 1 aromatic rings. The molecule has 0 fully saturated rings. The van der Waals surface area contributed by atoms with E-state index in [9.17, 15) is 4.79 Å². The zero-order chi connectivity index (χ0) is 14.2. The number of amides is 1. The molecule has 0 bridgehead atoms. The van der Waals surface area contributed by atoms with Gasteiger partial charge in [0, 0.05) is 5.75 Å². The summed E-state index contributed by atoms with van der Waals surface area (Å²) in [5, 5.41) is 8.24. The second kappa shape index (κ2) is 8.69. The number of nitrogens with two attached hydrogens (primary N) is 1. The first-order valence-corrected chi connectivity index (χ1v) is 9.55. The van der Waals surface area contributed by atoms with Crippen LogP contribution in [-0.2, 0) is 4.79 Å². The third kappa shape index (κ3) is 5.85. The van der Waals surface area contributed by atoms with Crippen molar-refractivity contribution in [2.24, 2.45) is 11.7 Å². The van der Waals surface area contributed by atoms with Crippen molar-refractivity contribution in [3.8, 4) is 0 Å². The van der Waals surface area contributed by atoms with E-state index < -0.39 is 0 Å². The molecule has 1 amide bonds. The predicted molar refractivity (Wildman–Crippen MR) is 86.3 cm³/mol. The molecule has 110 valence electrons. The number of allylic oxidation sites excluding steroid dienone is 2. The van der Waals surface area contributed by atoms with Gasteiger partial charge in [0.25, 0.3) is 0 Å². The van der Waals surface area contributed by atoms with E-state index in [4.69, 9.17) is 5.73 Å². The van der Waals surface area contributed by atoms with Gasteiger partial charge in [0.2, 0.25) is 5.91 Å². The van der Waals surface area contributed by atoms with Crippen LogP contribution in [0.1, 0.15) is 32.1 Å². The van der Waals surface area contributed by atoms with Crippen LogP contribution < -0.4 is 5.73 Å². The monoisotopic (exact) mass is 329 g/mol. The Balaban J connectivity index is 1.75. The molecule has 0 aromatic carbocycles. The van der Waals surface area contributed by atoms with Gasteiger partial charge >= 0.3 is 0 Å². The van der Waals surface area contributed by atoms with Crippen molar-refractivity contribution in [1.29, 1.82) is 0 Å². The average Bonchev–Trinajstić information content (AvgIpc) is 2.83. The van der Waals surface area contributed by atoms with Crippen LogP contribution in [0.25, 0.3) is 0 Å². The number of thioether (sulfide) groups is 2. The van der Waals surface area contributed by atoms with Crippen molar-refractivity contribution in [1.82, 2.24) is 10.2 Å². The van der Waals surface area contributed by atoms with Crippen LogP contribution in [0, 0.1) is 5.92 Å². The van der Waals surface area contributed by atoms with Crippen molar-refractivity contribution in [3.63, 3.8) is 0 Å². The highest BCUT2D eigenvalue weighted by molar-refractivity contribution is 8.03. The topological polar surface area (TPSA) is 68.9 Å². The number of carbonyl (C=O) groups excluding carboxylic acids is 1. The molecule has 0 radical (unpaired) electrons. The molecule has 1 unspecified atom stereocenters. The maximum Gasteiger partial charge on any atom is 0.227 e. The molecule has 1 aliphatic carbocycles. The Hall–Kier alpha value is -0.530. The molecule has 1 heterocycles. The smallest absolute Gasteiger partial charge is 0.227 e. The highest BCUT2D eigenvalue weighted by Gasteiger charge is 2.12. The lowest BCUT2D eigenvalue weighted by molar-refractivity contribution is -0.115. The number of carbonyl (C=O) groups is 1. The molecule has 2 N–H and O–H groups in total. The quantitative estimate of drug-likeness (QED) is 0.640. The van der Waals surface area contributed by atoms with E-state index in [0.29, 0.717) is 0 Å². The number of nitrogens with zero attached hydrogens (tertiary/aromatic N) is 2. The highest BCUT2D eigenvalue weighted by atomic mass is 32.2. The largest absolute Gasteiger partial charge is 0.369 e. The van der Waals surface area contributed by atoms with Crippen LogP contribution in [0.3, 0.4) is 0 Å². The summed E-state index contributed by atoms with van der Waals surface area (Å²) in [6.07, 6.45) is 10.9. The van der Waals surface area contributed by atoms with Crippen molar-refractivity contribution >= 4 is 40.8 Å². The predicted octanol–water partition coefficient (Wildman–Crippen LogP) is 3.34. The lowest BCUT2D eigenvalue weighted by atomic mass is 9.96. The van der Waals surface area contributed by atoms with Gasteiger partial charge < -0.3 is 5.73 Å². The Kier molecular flexibility index (Phi) is 6.89. The van der Waals surface area contributed by atoms with E-state index in [0.717, 1.165) is 20.4 Å². The fourth-order valence-electron chi connectivity index (χ4n) is 2.04. The third-order valence-electron chi connectivity index (χ3n) is 3.06. The standard InChI is InChI=1S/C13H19N3OS3/c14-11(17)9-19-13-16-15-12(20-13)18-8-10-6-4-2-1-3-5-7-10/h1-2,10H,3-9H2,(H2,14,17)/b2-1-. The summed E-state index contributed by atoms with van der Waals surface area (Å²) in [7, 11) is 0. The Morgan fingerprint density at radius 2 is 2.00 bits per heavy atom. The zero-order valence-corrected chi connectivity index (χ0v) is 13.7. The van der Waals surface area contributed by atoms with E-state index in [2.05, 4.69) is 22.3 Å². The Bertz CT molecular complexity index is 461. The summed E-state index contributed by atoms with van der Waals surface area (Å²) in [5.74, 6) is 1.84. The van der Waals surface area contributed by atoms with E-state index in [1.807, 2.05) is 0 Å². The average molecular weight is 330 g/mol. The summed E-state index contributed by atoms with van der Waals surface area (Å²) in [4.78, 5) is 10.7. The van der Waals surface area contributed by atoms with Crippen LogP contribution in [0.2, 0.25) is 0 Å². The molecule has 2 rings (SSSR count). The molecule has 1 aliphatic rings. The molecule has 0 saturated carbocycles. The SMILES string of the molecule is NC(=O)CSc1nnc(SCC2CC/C=C\CCC2)s1. The molecule has 20 heavy (non-hydrogen) atoms. The van der Waals surface area contributed by atoms with Gasteiger partial charge in [-0.15, -0.1) is 10.2 Å². The second-order valence-electron chi connectivity index (χ2n) is 4.75. The van der Waals surface area contributed by atoms with E-state index in [1.54, 1.807) is 23.1 Å². The van der Waals surface area contributed by atoms with Gasteiger partial charge in [0.1, 0.15) is 0 Å². The molecule has 1 aromatic heterocycles. The van der Waals surface area contributed by atoms with Crippen LogP contribution >= 0.6 is 34.9 Å². The lowest BCUT2D eigenvalue weighted by Gasteiger charge is -2.15. The summed E-state index contributed by atoms with van der Waals surface area (Å²) in [5.41, 5.74) is 5.12. The highest BCUT2D eigenvalue weighted by Crippen LogP contribution is 2.32. The molecule has 0 spiro atoms. The third-order valence-corrected chi connectivity index (χ3v) is 6.50. The van der Waals surface area contributed by atoms with E-state index >= 15 is 0 Å². The minimum Gasteiger partial charge on any atom is -0.369 e. The minimum absolute atomic E-state index is 0.272. The first-order valence-electron chi connectivity index (χ1n) is 6.76. The molecule has 4 nitrogen and oxygen atoms in total. The van der Waals surface area contributed by atoms with Crippen molar-refractivity contribution in [2.45, 2.75) is 40.8 Å². The second-order valence-corrected chi connectivity index (χ2v) is 8.21.